The lowest BCUT2D eigenvalue weighted by atomic mass is 10.1. The van der Waals surface area contributed by atoms with Crippen molar-refractivity contribution < 1.29 is 0 Å². The first-order valence-electron chi connectivity index (χ1n) is 4.62. The molecule has 13 heavy (non-hydrogen) atoms. The minimum absolute atomic E-state index is 0.527. The van der Waals surface area contributed by atoms with Crippen molar-refractivity contribution in [1.29, 1.82) is 0 Å². The molecule has 0 aromatic carbocycles. The van der Waals surface area contributed by atoms with Crippen LogP contribution >= 0.6 is 11.3 Å². The van der Waals surface area contributed by atoms with E-state index in [0.717, 1.165) is 13.1 Å². The molecule has 0 radical (unpaired) electrons. The maximum atomic E-state index is 3.16. The molecule has 0 bridgehead atoms. The van der Waals surface area contributed by atoms with Gasteiger partial charge in [-0.1, -0.05) is 0 Å². The normalized spacial score (nSPS) is 13.5. The molecule has 1 aromatic rings. The average Bonchev–Trinajstić information content (AvgIpc) is 2.65. The summed E-state index contributed by atoms with van der Waals surface area (Å²) in [5.74, 6) is 0. The number of likely N-dealkylation sites (N-methyl/N-ethyl adjacent to an activating group) is 2. The first-order valence-corrected chi connectivity index (χ1v) is 5.57. The summed E-state index contributed by atoms with van der Waals surface area (Å²) < 4.78 is 0. The van der Waals surface area contributed by atoms with E-state index in [1.807, 2.05) is 7.05 Å². The van der Waals surface area contributed by atoms with Crippen LogP contribution in [0.2, 0.25) is 0 Å². The van der Waals surface area contributed by atoms with E-state index in [2.05, 4.69) is 41.0 Å². The van der Waals surface area contributed by atoms with Crippen LogP contribution in [0.5, 0.6) is 0 Å². The summed E-state index contributed by atoms with van der Waals surface area (Å²) in [5.41, 5.74) is 1.42. The SMILES string of the molecule is CNCCN(C)C(C)c1ccsc1. The molecule has 0 aliphatic heterocycles. The van der Waals surface area contributed by atoms with Gasteiger partial charge in [0.15, 0.2) is 0 Å². The summed E-state index contributed by atoms with van der Waals surface area (Å²) in [4.78, 5) is 2.36. The largest absolute Gasteiger partial charge is 0.318 e. The highest BCUT2D eigenvalue weighted by molar-refractivity contribution is 7.07. The Labute approximate surface area is 84.6 Å². The Hall–Kier alpha value is -0.380. The van der Waals surface area contributed by atoms with E-state index in [1.165, 1.54) is 5.56 Å². The van der Waals surface area contributed by atoms with Crippen LogP contribution in [0, 0.1) is 0 Å². The second-order valence-electron chi connectivity index (χ2n) is 3.32. The first kappa shape index (κ1) is 10.7. The van der Waals surface area contributed by atoms with Gasteiger partial charge in [0.25, 0.3) is 0 Å². The highest BCUT2D eigenvalue weighted by atomic mass is 32.1. The fraction of sp³-hybridized carbons (Fsp3) is 0.600. The van der Waals surface area contributed by atoms with E-state index in [0.29, 0.717) is 6.04 Å². The summed E-state index contributed by atoms with van der Waals surface area (Å²) in [5, 5.41) is 7.52. The molecular weight excluding hydrogens is 180 g/mol. The summed E-state index contributed by atoms with van der Waals surface area (Å²) >= 11 is 1.77. The van der Waals surface area contributed by atoms with Crippen LogP contribution in [0.3, 0.4) is 0 Å². The lowest BCUT2D eigenvalue weighted by Crippen LogP contribution is -2.29. The molecule has 1 heterocycles. The van der Waals surface area contributed by atoms with Gasteiger partial charge in [0, 0.05) is 19.1 Å². The molecule has 0 fully saturated rings. The van der Waals surface area contributed by atoms with Gasteiger partial charge in [0.1, 0.15) is 0 Å². The Balaban J connectivity index is 2.43. The number of hydrogen-bond donors (Lipinski definition) is 1. The van der Waals surface area contributed by atoms with Gasteiger partial charge >= 0.3 is 0 Å². The van der Waals surface area contributed by atoms with Gasteiger partial charge in [-0.2, -0.15) is 11.3 Å². The lowest BCUT2D eigenvalue weighted by Gasteiger charge is -2.23. The standard InChI is InChI=1S/C10H18N2S/c1-9(10-4-7-13-8-10)12(3)6-5-11-2/h4,7-9,11H,5-6H2,1-3H3. The molecule has 0 amide bonds. The molecule has 0 saturated carbocycles. The van der Waals surface area contributed by atoms with Crippen LogP contribution in [0.4, 0.5) is 0 Å². The van der Waals surface area contributed by atoms with E-state index in [9.17, 15) is 0 Å². The Bertz CT molecular complexity index is 221. The van der Waals surface area contributed by atoms with Gasteiger partial charge in [-0.25, -0.2) is 0 Å². The van der Waals surface area contributed by atoms with Crippen LogP contribution in [-0.4, -0.2) is 32.1 Å². The highest BCUT2D eigenvalue weighted by Crippen LogP contribution is 2.20. The molecule has 74 valence electrons. The first-order chi connectivity index (χ1) is 6.25. The molecule has 0 spiro atoms. The van der Waals surface area contributed by atoms with Crippen molar-refractivity contribution >= 4 is 11.3 Å². The van der Waals surface area contributed by atoms with Crippen molar-refractivity contribution in [2.24, 2.45) is 0 Å². The van der Waals surface area contributed by atoms with Gasteiger partial charge < -0.3 is 5.32 Å². The van der Waals surface area contributed by atoms with E-state index in [1.54, 1.807) is 11.3 Å². The average molecular weight is 198 g/mol. The molecule has 1 aromatic heterocycles. The van der Waals surface area contributed by atoms with Crippen molar-refractivity contribution in [2.75, 3.05) is 27.2 Å². The van der Waals surface area contributed by atoms with Crippen molar-refractivity contribution in [3.63, 3.8) is 0 Å². The summed E-state index contributed by atoms with van der Waals surface area (Å²) in [6, 6.07) is 2.73. The fourth-order valence-corrected chi connectivity index (χ4v) is 2.00. The predicted octanol–water partition coefficient (Wildman–Crippen LogP) is 1.96. The molecule has 0 aliphatic carbocycles. The van der Waals surface area contributed by atoms with Gasteiger partial charge in [-0.3, -0.25) is 4.90 Å². The predicted molar refractivity (Wildman–Crippen MR) is 59.3 cm³/mol. The van der Waals surface area contributed by atoms with Gasteiger partial charge in [-0.15, -0.1) is 0 Å². The molecule has 1 N–H and O–H groups in total. The zero-order valence-electron chi connectivity index (χ0n) is 8.58. The Morgan fingerprint density at radius 3 is 2.92 bits per heavy atom. The van der Waals surface area contributed by atoms with Crippen LogP contribution in [-0.2, 0) is 0 Å². The zero-order chi connectivity index (χ0) is 9.68. The highest BCUT2D eigenvalue weighted by Gasteiger charge is 2.10. The third kappa shape index (κ3) is 3.10. The van der Waals surface area contributed by atoms with Gasteiger partial charge in [0.05, 0.1) is 0 Å². The molecule has 2 nitrogen and oxygen atoms in total. The Morgan fingerprint density at radius 1 is 1.62 bits per heavy atom. The van der Waals surface area contributed by atoms with Crippen molar-refractivity contribution in [3.8, 4) is 0 Å². The second kappa shape index (κ2) is 5.37. The van der Waals surface area contributed by atoms with E-state index < -0.39 is 0 Å². The number of nitrogens with zero attached hydrogens (tertiary/aromatic N) is 1. The molecule has 0 saturated heterocycles. The molecule has 0 aliphatic rings. The zero-order valence-corrected chi connectivity index (χ0v) is 9.40. The maximum absolute atomic E-state index is 3.16. The van der Waals surface area contributed by atoms with Crippen LogP contribution in [0.25, 0.3) is 0 Å². The van der Waals surface area contributed by atoms with Crippen LogP contribution < -0.4 is 5.32 Å². The second-order valence-corrected chi connectivity index (χ2v) is 4.10. The molecule has 1 unspecified atom stereocenters. The fourth-order valence-electron chi connectivity index (χ4n) is 1.25. The monoisotopic (exact) mass is 198 g/mol. The third-order valence-corrected chi connectivity index (χ3v) is 3.10. The number of thiophene rings is 1. The van der Waals surface area contributed by atoms with Gasteiger partial charge in [0.2, 0.25) is 0 Å². The smallest absolute Gasteiger partial charge is 0.0325 e. The Morgan fingerprint density at radius 2 is 2.38 bits per heavy atom. The maximum Gasteiger partial charge on any atom is 0.0325 e. The van der Waals surface area contributed by atoms with E-state index in [4.69, 9.17) is 0 Å². The third-order valence-electron chi connectivity index (χ3n) is 2.40. The minimum atomic E-state index is 0.527. The van der Waals surface area contributed by atoms with Crippen LogP contribution in [0.1, 0.15) is 18.5 Å². The van der Waals surface area contributed by atoms with Crippen molar-refractivity contribution in [2.45, 2.75) is 13.0 Å². The quantitative estimate of drug-likeness (QED) is 0.778. The molecule has 1 rings (SSSR count). The summed E-state index contributed by atoms with van der Waals surface area (Å²) in [6.07, 6.45) is 0. The van der Waals surface area contributed by atoms with Crippen molar-refractivity contribution in [3.05, 3.63) is 22.4 Å². The van der Waals surface area contributed by atoms with Gasteiger partial charge in [-0.05, 0) is 43.4 Å². The van der Waals surface area contributed by atoms with E-state index in [-0.39, 0.29) is 0 Å². The number of hydrogen-bond acceptors (Lipinski definition) is 3. The number of rotatable bonds is 5. The summed E-state index contributed by atoms with van der Waals surface area (Å²) in [7, 11) is 4.16. The minimum Gasteiger partial charge on any atom is -0.318 e. The van der Waals surface area contributed by atoms with E-state index >= 15 is 0 Å². The van der Waals surface area contributed by atoms with Crippen molar-refractivity contribution in [1.82, 2.24) is 10.2 Å². The summed E-state index contributed by atoms with van der Waals surface area (Å²) in [6.45, 7) is 4.39. The Kier molecular flexibility index (Phi) is 4.42. The van der Waals surface area contributed by atoms with Crippen LogP contribution in [0.15, 0.2) is 16.8 Å². The molecular formula is C10H18N2S. The molecule has 3 heteroatoms. The number of nitrogens with one attached hydrogen (secondary N) is 1. The lowest BCUT2D eigenvalue weighted by molar-refractivity contribution is 0.264. The molecule has 1 atom stereocenters. The topological polar surface area (TPSA) is 15.3 Å².